The van der Waals surface area contributed by atoms with Gasteiger partial charge in [0.1, 0.15) is 0 Å². The molecular formula is C49H90O4. The van der Waals surface area contributed by atoms with Crippen LogP contribution >= 0.6 is 0 Å². The lowest BCUT2D eigenvalue weighted by Crippen LogP contribution is -2.41. The summed E-state index contributed by atoms with van der Waals surface area (Å²) in [5.41, 5.74) is 0.931. The van der Waals surface area contributed by atoms with E-state index in [0.29, 0.717) is 35.9 Å². The number of carbonyl (C=O) groups excluding carboxylic acids is 2. The molecule has 0 heterocycles. The van der Waals surface area contributed by atoms with Gasteiger partial charge < -0.3 is 9.47 Å². The first-order valence-electron chi connectivity index (χ1n) is 23.7. The zero-order valence-electron chi connectivity index (χ0n) is 36.9. The highest BCUT2D eigenvalue weighted by molar-refractivity contribution is 5.82. The fraction of sp³-hybridized carbons (Fsp3) is 0.959. The first-order chi connectivity index (χ1) is 25.4. The number of hydrogen-bond acceptors (Lipinski definition) is 4. The summed E-state index contributed by atoms with van der Waals surface area (Å²) >= 11 is 0. The van der Waals surface area contributed by atoms with Gasteiger partial charge >= 0.3 is 11.9 Å². The van der Waals surface area contributed by atoms with Crippen LogP contribution in [0.1, 0.15) is 223 Å². The van der Waals surface area contributed by atoms with Gasteiger partial charge in [0.2, 0.25) is 0 Å². The molecule has 0 spiro atoms. The molecular weight excluding hydrogens is 653 g/mol. The Kier molecular flexibility index (Phi) is 20.9. The highest BCUT2D eigenvalue weighted by atomic mass is 16.5. The molecule has 3 aliphatic carbocycles. The molecule has 4 heteroatoms. The second kappa shape index (κ2) is 23.9. The molecule has 7 atom stereocenters. The van der Waals surface area contributed by atoms with Crippen molar-refractivity contribution in [2.75, 3.05) is 13.2 Å². The van der Waals surface area contributed by atoms with Crippen LogP contribution < -0.4 is 0 Å². The Bertz CT molecular complexity index is 1000. The zero-order chi connectivity index (χ0) is 38.9. The summed E-state index contributed by atoms with van der Waals surface area (Å²) in [6, 6.07) is 0. The summed E-state index contributed by atoms with van der Waals surface area (Å²) in [5.74, 6) is 3.29. The van der Waals surface area contributed by atoms with Gasteiger partial charge in [-0.05, 0) is 155 Å². The van der Waals surface area contributed by atoms with Gasteiger partial charge in [-0.15, -0.1) is 0 Å². The van der Waals surface area contributed by atoms with Gasteiger partial charge in [-0.25, -0.2) is 0 Å². The van der Waals surface area contributed by atoms with Crippen molar-refractivity contribution < 1.29 is 19.1 Å². The van der Waals surface area contributed by atoms with E-state index < -0.39 is 0 Å². The molecule has 0 aromatic carbocycles. The largest absolute Gasteiger partial charge is 0.465 e. The van der Waals surface area contributed by atoms with E-state index in [1.165, 1.54) is 116 Å². The third-order valence-electron chi connectivity index (χ3n) is 14.9. The molecule has 0 aromatic rings. The number of unbranched alkanes of at least 4 members (excludes halogenated alkanes) is 2. The van der Waals surface area contributed by atoms with E-state index in [1.54, 1.807) is 0 Å². The second-order valence-corrected chi connectivity index (χ2v) is 20.3. The van der Waals surface area contributed by atoms with E-state index in [-0.39, 0.29) is 29.7 Å². The van der Waals surface area contributed by atoms with E-state index >= 15 is 0 Å². The third kappa shape index (κ3) is 15.4. The predicted octanol–water partition coefficient (Wildman–Crippen LogP) is 14.6. The van der Waals surface area contributed by atoms with Crippen LogP contribution in [0.2, 0.25) is 0 Å². The van der Waals surface area contributed by atoms with Crippen LogP contribution in [0.25, 0.3) is 0 Å². The fourth-order valence-electron chi connectivity index (χ4n) is 12.1. The SMILES string of the molecule is CCCCC(C)CC(C)CC1(CCC)CCC(COC(=O)C2CCCC(C)C2C(=O)OCC2CCC(CCC)(CC(C)CC(C)CCCC)CC2)CC1. The number of hydrogen-bond donors (Lipinski definition) is 0. The minimum atomic E-state index is -0.362. The Morgan fingerprint density at radius 2 is 1.02 bits per heavy atom. The Balaban J connectivity index is 1.46. The molecule has 0 aliphatic heterocycles. The molecule has 7 unspecified atom stereocenters. The first kappa shape index (κ1) is 46.3. The van der Waals surface area contributed by atoms with Gasteiger partial charge in [0.15, 0.2) is 0 Å². The Hall–Kier alpha value is -1.06. The summed E-state index contributed by atoms with van der Waals surface area (Å²) in [6.07, 6.45) is 31.1. The molecule has 310 valence electrons. The van der Waals surface area contributed by atoms with Crippen LogP contribution in [0.15, 0.2) is 0 Å². The minimum Gasteiger partial charge on any atom is -0.465 e. The van der Waals surface area contributed by atoms with Gasteiger partial charge in [-0.3, -0.25) is 9.59 Å². The van der Waals surface area contributed by atoms with Crippen LogP contribution in [0.4, 0.5) is 0 Å². The zero-order valence-corrected chi connectivity index (χ0v) is 36.9. The van der Waals surface area contributed by atoms with Crippen molar-refractivity contribution in [2.45, 2.75) is 223 Å². The molecule has 0 amide bonds. The monoisotopic (exact) mass is 743 g/mol. The first-order valence-corrected chi connectivity index (χ1v) is 23.7. The minimum absolute atomic E-state index is 0.139. The summed E-state index contributed by atoms with van der Waals surface area (Å²) in [5, 5.41) is 0. The Labute approximate surface area is 330 Å². The average Bonchev–Trinajstić information content (AvgIpc) is 3.12. The Morgan fingerprint density at radius 3 is 1.43 bits per heavy atom. The van der Waals surface area contributed by atoms with Crippen LogP contribution in [0.3, 0.4) is 0 Å². The van der Waals surface area contributed by atoms with Crippen molar-refractivity contribution in [3.8, 4) is 0 Å². The lowest BCUT2D eigenvalue weighted by atomic mass is 9.64. The molecule has 3 aliphatic rings. The summed E-state index contributed by atoms with van der Waals surface area (Å²) in [6.45, 7) is 22.4. The van der Waals surface area contributed by atoms with Crippen LogP contribution in [0, 0.1) is 64.1 Å². The second-order valence-electron chi connectivity index (χ2n) is 20.3. The van der Waals surface area contributed by atoms with E-state index in [2.05, 4.69) is 62.3 Å². The maximum atomic E-state index is 13.7. The van der Waals surface area contributed by atoms with Crippen molar-refractivity contribution in [2.24, 2.45) is 64.1 Å². The Morgan fingerprint density at radius 1 is 0.585 bits per heavy atom. The number of carbonyl (C=O) groups is 2. The molecule has 0 radical (unpaired) electrons. The third-order valence-corrected chi connectivity index (χ3v) is 14.9. The van der Waals surface area contributed by atoms with Gasteiger partial charge in [0, 0.05) is 0 Å². The number of ether oxygens (including phenoxy) is 2. The summed E-state index contributed by atoms with van der Waals surface area (Å²) in [4.78, 5) is 27.4. The summed E-state index contributed by atoms with van der Waals surface area (Å²) in [7, 11) is 0. The topological polar surface area (TPSA) is 52.6 Å². The van der Waals surface area contributed by atoms with Crippen LogP contribution in [-0.4, -0.2) is 25.2 Å². The highest BCUT2D eigenvalue weighted by Crippen LogP contribution is 2.49. The predicted molar refractivity (Wildman–Crippen MR) is 225 cm³/mol. The average molecular weight is 743 g/mol. The summed E-state index contributed by atoms with van der Waals surface area (Å²) < 4.78 is 12.3. The lowest BCUT2D eigenvalue weighted by Gasteiger charge is -2.42. The molecule has 4 nitrogen and oxygen atoms in total. The van der Waals surface area contributed by atoms with Gasteiger partial charge in [-0.1, -0.05) is 120 Å². The van der Waals surface area contributed by atoms with Crippen molar-refractivity contribution in [1.82, 2.24) is 0 Å². The smallest absolute Gasteiger partial charge is 0.310 e. The van der Waals surface area contributed by atoms with Gasteiger partial charge in [-0.2, -0.15) is 0 Å². The number of esters is 2. The lowest BCUT2D eigenvalue weighted by molar-refractivity contribution is -0.167. The van der Waals surface area contributed by atoms with Crippen molar-refractivity contribution in [3.63, 3.8) is 0 Å². The molecule has 0 saturated heterocycles. The molecule has 3 rings (SSSR count). The van der Waals surface area contributed by atoms with Crippen LogP contribution in [-0.2, 0) is 19.1 Å². The normalized spacial score (nSPS) is 31.7. The molecule has 0 N–H and O–H groups in total. The molecule has 0 bridgehead atoms. The van der Waals surface area contributed by atoms with Crippen molar-refractivity contribution >= 4 is 11.9 Å². The maximum Gasteiger partial charge on any atom is 0.310 e. The number of rotatable bonds is 24. The standard InChI is InChI=1S/C49H90O4/c1-10-14-17-37(5)31-39(7)33-48(25-12-3)27-21-42(22-28-48)35-52-46(50)44-20-16-19-41(9)45(44)47(51)53-36-43-23-29-49(26-13-4,30-24-43)34-40(8)32-38(6)18-15-11-2/h37-45H,10-36H2,1-9H3. The highest BCUT2D eigenvalue weighted by Gasteiger charge is 2.43. The van der Waals surface area contributed by atoms with Gasteiger partial charge in [0.05, 0.1) is 25.0 Å². The van der Waals surface area contributed by atoms with E-state index in [1.807, 2.05) is 0 Å². The van der Waals surface area contributed by atoms with E-state index in [9.17, 15) is 9.59 Å². The molecule has 3 fully saturated rings. The quantitative estimate of drug-likeness (QED) is 0.0924. The molecule has 0 aromatic heterocycles. The van der Waals surface area contributed by atoms with Crippen LogP contribution in [0.5, 0.6) is 0 Å². The maximum absolute atomic E-state index is 13.7. The van der Waals surface area contributed by atoms with E-state index in [0.717, 1.165) is 68.6 Å². The van der Waals surface area contributed by atoms with E-state index in [4.69, 9.17) is 9.47 Å². The van der Waals surface area contributed by atoms with Crippen molar-refractivity contribution in [1.29, 1.82) is 0 Å². The fourth-order valence-corrected chi connectivity index (χ4v) is 12.1. The molecule has 3 saturated carbocycles. The molecule has 53 heavy (non-hydrogen) atoms. The van der Waals surface area contributed by atoms with Crippen molar-refractivity contribution in [3.05, 3.63) is 0 Å². The van der Waals surface area contributed by atoms with Gasteiger partial charge in [0.25, 0.3) is 0 Å².